The molecule has 0 aromatic heterocycles. The van der Waals surface area contributed by atoms with Crippen molar-refractivity contribution in [3.05, 3.63) is 34.9 Å². The van der Waals surface area contributed by atoms with Gasteiger partial charge in [0, 0.05) is 11.8 Å². The average Bonchev–Trinajstić information content (AvgIpc) is 2.28. The third-order valence-electron chi connectivity index (χ3n) is 3.01. The lowest BCUT2D eigenvalue weighted by Crippen LogP contribution is -2.14. The van der Waals surface area contributed by atoms with Crippen LogP contribution in [-0.2, 0) is 0 Å². The zero-order valence-electron chi connectivity index (χ0n) is 11.3. The molecular formula is C15H25NS. The molecule has 1 aromatic rings. The lowest BCUT2D eigenvalue weighted by Gasteiger charge is -2.15. The standard InChI is InChI=1S/C15H25NS/c1-4-5-6-9-17-11-15(16)14-8-7-12(2)10-13(14)3/h7-8,10,15H,4-6,9,11,16H2,1-3H3. The van der Waals surface area contributed by atoms with Crippen molar-refractivity contribution >= 4 is 11.8 Å². The third-order valence-corrected chi connectivity index (χ3v) is 4.19. The van der Waals surface area contributed by atoms with Gasteiger partial charge in [-0.1, -0.05) is 43.5 Å². The molecule has 1 unspecified atom stereocenters. The van der Waals surface area contributed by atoms with E-state index >= 15 is 0 Å². The maximum Gasteiger partial charge on any atom is 0.0389 e. The van der Waals surface area contributed by atoms with Crippen molar-refractivity contribution in [3.63, 3.8) is 0 Å². The van der Waals surface area contributed by atoms with Gasteiger partial charge in [0.1, 0.15) is 0 Å². The normalized spacial score (nSPS) is 12.7. The molecule has 0 heterocycles. The number of nitrogens with two attached hydrogens (primary N) is 1. The van der Waals surface area contributed by atoms with E-state index in [1.54, 1.807) is 0 Å². The summed E-state index contributed by atoms with van der Waals surface area (Å²) >= 11 is 1.98. The topological polar surface area (TPSA) is 26.0 Å². The summed E-state index contributed by atoms with van der Waals surface area (Å²) in [6.07, 6.45) is 3.95. The molecule has 0 saturated carbocycles. The van der Waals surface area contributed by atoms with E-state index in [0.717, 1.165) is 5.75 Å². The lowest BCUT2D eigenvalue weighted by atomic mass is 10.0. The monoisotopic (exact) mass is 251 g/mol. The minimum atomic E-state index is 0.183. The van der Waals surface area contributed by atoms with Gasteiger partial charge in [0.15, 0.2) is 0 Å². The van der Waals surface area contributed by atoms with Gasteiger partial charge >= 0.3 is 0 Å². The fourth-order valence-corrected chi connectivity index (χ4v) is 3.00. The van der Waals surface area contributed by atoms with Crippen molar-refractivity contribution in [2.24, 2.45) is 5.73 Å². The molecule has 17 heavy (non-hydrogen) atoms. The van der Waals surface area contributed by atoms with Crippen LogP contribution in [0.15, 0.2) is 18.2 Å². The van der Waals surface area contributed by atoms with E-state index in [0.29, 0.717) is 0 Å². The number of thioether (sulfide) groups is 1. The maximum absolute atomic E-state index is 6.24. The first-order valence-corrected chi connectivity index (χ1v) is 7.71. The molecule has 2 heteroatoms. The van der Waals surface area contributed by atoms with Gasteiger partial charge in [0.05, 0.1) is 0 Å². The summed E-state index contributed by atoms with van der Waals surface area (Å²) in [5, 5.41) is 0. The largest absolute Gasteiger partial charge is 0.323 e. The highest BCUT2D eigenvalue weighted by Crippen LogP contribution is 2.21. The van der Waals surface area contributed by atoms with Crippen LogP contribution in [0.1, 0.15) is 48.9 Å². The van der Waals surface area contributed by atoms with E-state index in [4.69, 9.17) is 5.73 Å². The third kappa shape index (κ3) is 5.13. The predicted molar refractivity (Wildman–Crippen MR) is 79.7 cm³/mol. The van der Waals surface area contributed by atoms with Crippen molar-refractivity contribution in [1.82, 2.24) is 0 Å². The quantitative estimate of drug-likeness (QED) is 0.734. The summed E-state index contributed by atoms with van der Waals surface area (Å²) < 4.78 is 0. The smallest absolute Gasteiger partial charge is 0.0389 e. The summed E-state index contributed by atoms with van der Waals surface area (Å²) in [7, 11) is 0. The molecule has 0 saturated heterocycles. The minimum absolute atomic E-state index is 0.183. The van der Waals surface area contributed by atoms with Crippen LogP contribution in [0.5, 0.6) is 0 Å². The minimum Gasteiger partial charge on any atom is -0.323 e. The van der Waals surface area contributed by atoms with E-state index in [1.807, 2.05) is 11.8 Å². The Morgan fingerprint density at radius 1 is 1.24 bits per heavy atom. The zero-order valence-corrected chi connectivity index (χ0v) is 12.1. The number of rotatable bonds is 7. The number of benzene rings is 1. The Morgan fingerprint density at radius 3 is 2.65 bits per heavy atom. The Morgan fingerprint density at radius 2 is 2.00 bits per heavy atom. The number of unbranched alkanes of at least 4 members (excludes halogenated alkanes) is 2. The summed E-state index contributed by atoms with van der Waals surface area (Å²) in [6.45, 7) is 6.53. The molecule has 0 spiro atoms. The molecule has 0 bridgehead atoms. The van der Waals surface area contributed by atoms with E-state index in [2.05, 4.69) is 39.0 Å². The zero-order chi connectivity index (χ0) is 12.7. The van der Waals surface area contributed by atoms with Gasteiger partial charge in [-0.15, -0.1) is 0 Å². The van der Waals surface area contributed by atoms with Crippen molar-refractivity contribution < 1.29 is 0 Å². The van der Waals surface area contributed by atoms with Crippen molar-refractivity contribution in [2.45, 2.75) is 46.1 Å². The number of aryl methyl sites for hydroxylation is 2. The molecule has 1 atom stereocenters. The van der Waals surface area contributed by atoms with Crippen LogP contribution < -0.4 is 5.73 Å². The Kier molecular flexibility index (Phi) is 6.68. The van der Waals surface area contributed by atoms with Crippen LogP contribution in [0.4, 0.5) is 0 Å². The Hall–Kier alpha value is -0.470. The molecule has 0 amide bonds. The van der Waals surface area contributed by atoms with Crippen LogP contribution in [0.3, 0.4) is 0 Å². The molecule has 1 nitrogen and oxygen atoms in total. The molecule has 0 fully saturated rings. The van der Waals surface area contributed by atoms with Gasteiger partial charge in [-0.05, 0) is 37.1 Å². The Balaban J connectivity index is 2.38. The molecule has 96 valence electrons. The molecule has 1 rings (SSSR count). The van der Waals surface area contributed by atoms with E-state index < -0.39 is 0 Å². The molecule has 1 aromatic carbocycles. The molecule has 2 N–H and O–H groups in total. The fraction of sp³-hybridized carbons (Fsp3) is 0.600. The van der Waals surface area contributed by atoms with Gasteiger partial charge < -0.3 is 5.73 Å². The number of hydrogen-bond acceptors (Lipinski definition) is 2. The van der Waals surface area contributed by atoms with Crippen LogP contribution >= 0.6 is 11.8 Å². The maximum atomic E-state index is 6.24. The highest BCUT2D eigenvalue weighted by atomic mass is 32.2. The molecule has 0 aliphatic heterocycles. The van der Waals surface area contributed by atoms with Crippen molar-refractivity contribution in [1.29, 1.82) is 0 Å². The SMILES string of the molecule is CCCCCSCC(N)c1ccc(C)cc1C. The fourth-order valence-electron chi connectivity index (χ4n) is 2.00. The summed E-state index contributed by atoms with van der Waals surface area (Å²) in [6, 6.07) is 6.74. The summed E-state index contributed by atoms with van der Waals surface area (Å²) in [5.74, 6) is 2.28. The van der Waals surface area contributed by atoms with Crippen molar-refractivity contribution in [3.8, 4) is 0 Å². The van der Waals surface area contributed by atoms with Gasteiger partial charge in [-0.25, -0.2) is 0 Å². The molecule has 0 aliphatic rings. The highest BCUT2D eigenvalue weighted by molar-refractivity contribution is 7.99. The first kappa shape index (κ1) is 14.6. The molecular weight excluding hydrogens is 226 g/mol. The van der Waals surface area contributed by atoms with Crippen LogP contribution in [-0.4, -0.2) is 11.5 Å². The summed E-state index contributed by atoms with van der Waals surface area (Å²) in [5.41, 5.74) is 10.2. The van der Waals surface area contributed by atoms with Crippen LogP contribution in [0, 0.1) is 13.8 Å². The van der Waals surface area contributed by atoms with E-state index in [1.165, 1.54) is 41.7 Å². The second-order valence-corrected chi connectivity index (χ2v) is 5.90. The summed E-state index contributed by atoms with van der Waals surface area (Å²) in [4.78, 5) is 0. The second kappa shape index (κ2) is 7.78. The van der Waals surface area contributed by atoms with E-state index in [9.17, 15) is 0 Å². The first-order chi connectivity index (χ1) is 8.15. The van der Waals surface area contributed by atoms with Gasteiger partial charge in [0.25, 0.3) is 0 Å². The van der Waals surface area contributed by atoms with Gasteiger partial charge in [0.2, 0.25) is 0 Å². The van der Waals surface area contributed by atoms with Crippen LogP contribution in [0.25, 0.3) is 0 Å². The van der Waals surface area contributed by atoms with Crippen LogP contribution in [0.2, 0.25) is 0 Å². The van der Waals surface area contributed by atoms with E-state index in [-0.39, 0.29) is 6.04 Å². The lowest BCUT2D eigenvalue weighted by molar-refractivity contribution is 0.774. The first-order valence-electron chi connectivity index (χ1n) is 6.55. The number of hydrogen-bond donors (Lipinski definition) is 1. The average molecular weight is 251 g/mol. The van der Waals surface area contributed by atoms with Gasteiger partial charge in [-0.3, -0.25) is 0 Å². The Labute approximate surface area is 110 Å². The predicted octanol–water partition coefficient (Wildman–Crippen LogP) is 4.23. The second-order valence-electron chi connectivity index (χ2n) is 4.75. The van der Waals surface area contributed by atoms with Gasteiger partial charge in [-0.2, -0.15) is 11.8 Å². The molecule has 0 aliphatic carbocycles. The van der Waals surface area contributed by atoms with Crippen molar-refractivity contribution in [2.75, 3.05) is 11.5 Å². The molecule has 0 radical (unpaired) electrons. The highest BCUT2D eigenvalue weighted by Gasteiger charge is 2.08. The Bertz CT molecular complexity index is 336.